The number of hydrogen-bond donors (Lipinski definition) is 0. The zero-order chi connectivity index (χ0) is 14.5. The standard InChI is InChI=1S/C13H9ClF4N2/c14-9-3-1-8(2-4-9)10-7-12(15,16)13(17,18)20-6-5-19-11(10)20/h1-6,10H,7H2. The first kappa shape index (κ1) is 13.4. The second kappa shape index (κ2) is 4.22. The van der Waals surface area contributed by atoms with Gasteiger partial charge in [0, 0.05) is 29.8 Å². The molecule has 0 spiro atoms. The average Bonchev–Trinajstić information content (AvgIpc) is 2.85. The van der Waals surface area contributed by atoms with Gasteiger partial charge in [0.05, 0.1) is 0 Å². The number of fused-ring (bicyclic) bond motifs is 1. The lowest BCUT2D eigenvalue weighted by atomic mass is 9.88. The molecule has 0 aliphatic carbocycles. The van der Waals surface area contributed by atoms with E-state index in [0.29, 0.717) is 10.6 Å². The summed E-state index contributed by atoms with van der Waals surface area (Å²) in [6.45, 7) is 0. The molecule has 2 heterocycles. The van der Waals surface area contributed by atoms with Crippen molar-refractivity contribution < 1.29 is 17.6 Å². The van der Waals surface area contributed by atoms with E-state index >= 15 is 0 Å². The number of alkyl halides is 4. The number of halogens is 5. The third-order valence-electron chi connectivity index (χ3n) is 3.46. The molecule has 0 fully saturated rings. The summed E-state index contributed by atoms with van der Waals surface area (Å²) in [6.07, 6.45) is 0.998. The first-order valence-corrected chi connectivity index (χ1v) is 6.25. The van der Waals surface area contributed by atoms with Crippen molar-refractivity contribution in [2.24, 2.45) is 0 Å². The Hall–Kier alpha value is -1.56. The van der Waals surface area contributed by atoms with E-state index in [9.17, 15) is 17.6 Å². The first-order chi connectivity index (χ1) is 9.33. The van der Waals surface area contributed by atoms with Crippen molar-refractivity contribution in [1.29, 1.82) is 0 Å². The molecule has 2 nitrogen and oxygen atoms in total. The van der Waals surface area contributed by atoms with Crippen LogP contribution in [0.4, 0.5) is 17.6 Å². The van der Waals surface area contributed by atoms with E-state index in [1.807, 2.05) is 0 Å². The Morgan fingerprint density at radius 1 is 1.15 bits per heavy atom. The van der Waals surface area contributed by atoms with Crippen molar-refractivity contribution in [1.82, 2.24) is 9.55 Å². The largest absolute Gasteiger partial charge is 0.393 e. The van der Waals surface area contributed by atoms with E-state index in [-0.39, 0.29) is 10.4 Å². The highest BCUT2D eigenvalue weighted by molar-refractivity contribution is 6.30. The molecule has 2 aromatic rings. The molecule has 0 N–H and O–H groups in total. The molecular weight excluding hydrogens is 296 g/mol. The average molecular weight is 305 g/mol. The van der Waals surface area contributed by atoms with Gasteiger partial charge in [-0.1, -0.05) is 23.7 Å². The molecule has 0 saturated carbocycles. The third-order valence-corrected chi connectivity index (χ3v) is 3.71. The Kier molecular flexibility index (Phi) is 2.83. The maximum atomic E-state index is 13.7. The molecular formula is C13H9ClF4N2. The highest BCUT2D eigenvalue weighted by atomic mass is 35.5. The van der Waals surface area contributed by atoms with Crippen molar-refractivity contribution in [3.05, 3.63) is 53.1 Å². The smallest absolute Gasteiger partial charge is 0.269 e. The van der Waals surface area contributed by atoms with Crippen LogP contribution in [0.2, 0.25) is 5.02 Å². The lowest BCUT2D eigenvalue weighted by Crippen LogP contribution is -2.48. The topological polar surface area (TPSA) is 17.8 Å². The molecule has 1 aliphatic rings. The van der Waals surface area contributed by atoms with Crippen LogP contribution in [0.3, 0.4) is 0 Å². The molecule has 1 aliphatic heterocycles. The molecule has 0 bridgehead atoms. The van der Waals surface area contributed by atoms with Crippen LogP contribution in [0.5, 0.6) is 0 Å². The molecule has 106 valence electrons. The van der Waals surface area contributed by atoms with Gasteiger partial charge in [-0.25, -0.2) is 4.98 Å². The Morgan fingerprint density at radius 2 is 1.80 bits per heavy atom. The number of aromatic nitrogens is 2. The Morgan fingerprint density at radius 3 is 2.45 bits per heavy atom. The summed E-state index contributed by atoms with van der Waals surface area (Å²) in [5.74, 6) is -5.09. The van der Waals surface area contributed by atoms with Crippen LogP contribution in [0.25, 0.3) is 0 Å². The minimum Gasteiger partial charge on any atom is -0.269 e. The maximum Gasteiger partial charge on any atom is 0.393 e. The predicted octanol–water partition coefficient (Wildman–Crippen LogP) is 4.26. The monoisotopic (exact) mass is 304 g/mol. The van der Waals surface area contributed by atoms with Gasteiger partial charge in [0.1, 0.15) is 5.82 Å². The molecule has 1 atom stereocenters. The van der Waals surface area contributed by atoms with E-state index in [1.54, 1.807) is 12.1 Å². The van der Waals surface area contributed by atoms with Gasteiger partial charge in [-0.2, -0.15) is 17.6 Å². The quantitative estimate of drug-likeness (QED) is 0.720. The summed E-state index contributed by atoms with van der Waals surface area (Å²) in [7, 11) is 0. The van der Waals surface area contributed by atoms with Gasteiger partial charge in [-0.15, -0.1) is 0 Å². The van der Waals surface area contributed by atoms with Crippen LogP contribution in [-0.2, 0) is 6.05 Å². The summed E-state index contributed by atoms with van der Waals surface area (Å²) in [5, 5.41) is 0.449. The molecule has 1 aromatic heterocycles. The van der Waals surface area contributed by atoms with Crippen LogP contribution < -0.4 is 0 Å². The zero-order valence-electron chi connectivity index (χ0n) is 10.0. The zero-order valence-corrected chi connectivity index (χ0v) is 10.8. The highest BCUT2D eigenvalue weighted by Crippen LogP contribution is 2.51. The normalized spacial score (nSPS) is 23.4. The highest BCUT2D eigenvalue weighted by Gasteiger charge is 2.62. The number of hydrogen-bond acceptors (Lipinski definition) is 1. The fourth-order valence-electron chi connectivity index (χ4n) is 2.42. The number of imidazole rings is 1. The van der Waals surface area contributed by atoms with Gasteiger partial charge >= 0.3 is 12.0 Å². The fourth-order valence-corrected chi connectivity index (χ4v) is 2.54. The molecule has 1 aromatic carbocycles. The van der Waals surface area contributed by atoms with Crippen LogP contribution in [0, 0.1) is 0 Å². The molecule has 0 saturated heterocycles. The summed E-state index contributed by atoms with van der Waals surface area (Å²) in [6, 6.07) is 1.91. The molecule has 7 heteroatoms. The van der Waals surface area contributed by atoms with Crippen molar-refractivity contribution in [2.45, 2.75) is 24.3 Å². The Balaban J connectivity index is 2.13. The fraction of sp³-hybridized carbons (Fsp3) is 0.308. The molecule has 0 radical (unpaired) electrons. The minimum absolute atomic E-state index is 0.0664. The molecule has 3 rings (SSSR count). The number of benzene rings is 1. The van der Waals surface area contributed by atoms with Crippen molar-refractivity contribution in [3.8, 4) is 0 Å². The van der Waals surface area contributed by atoms with Gasteiger partial charge in [-0.05, 0) is 17.7 Å². The summed E-state index contributed by atoms with van der Waals surface area (Å²) >= 11 is 5.74. The Bertz CT molecular complexity index is 636. The van der Waals surface area contributed by atoms with Crippen LogP contribution in [0.15, 0.2) is 36.7 Å². The second-order valence-corrected chi connectivity index (χ2v) is 5.15. The number of nitrogens with zero attached hydrogens (tertiary/aromatic N) is 2. The summed E-state index contributed by atoms with van der Waals surface area (Å²) in [5.41, 5.74) is 0.483. The van der Waals surface area contributed by atoms with Crippen molar-refractivity contribution in [2.75, 3.05) is 0 Å². The predicted molar refractivity (Wildman–Crippen MR) is 65.3 cm³/mol. The third kappa shape index (κ3) is 1.82. The molecule has 20 heavy (non-hydrogen) atoms. The minimum atomic E-state index is -4.26. The molecule has 1 unspecified atom stereocenters. The Labute approximate surface area is 117 Å². The second-order valence-electron chi connectivity index (χ2n) is 4.71. The van der Waals surface area contributed by atoms with Gasteiger partial charge < -0.3 is 0 Å². The first-order valence-electron chi connectivity index (χ1n) is 5.88. The lowest BCUT2D eigenvalue weighted by molar-refractivity contribution is -0.274. The molecule has 0 amide bonds. The van der Waals surface area contributed by atoms with Crippen molar-refractivity contribution in [3.63, 3.8) is 0 Å². The van der Waals surface area contributed by atoms with Gasteiger partial charge in [0.15, 0.2) is 0 Å². The lowest BCUT2D eigenvalue weighted by Gasteiger charge is -2.36. The maximum absolute atomic E-state index is 13.7. The van der Waals surface area contributed by atoms with E-state index in [1.165, 1.54) is 12.1 Å². The van der Waals surface area contributed by atoms with E-state index in [2.05, 4.69) is 4.98 Å². The van der Waals surface area contributed by atoms with Gasteiger partial charge in [0.25, 0.3) is 0 Å². The van der Waals surface area contributed by atoms with Crippen LogP contribution >= 0.6 is 11.6 Å². The van der Waals surface area contributed by atoms with Crippen molar-refractivity contribution >= 4 is 11.6 Å². The van der Waals surface area contributed by atoms with Crippen LogP contribution in [-0.4, -0.2) is 15.5 Å². The summed E-state index contributed by atoms with van der Waals surface area (Å²) in [4.78, 5) is 3.81. The van der Waals surface area contributed by atoms with Gasteiger partial charge in [0.2, 0.25) is 0 Å². The van der Waals surface area contributed by atoms with E-state index in [0.717, 1.165) is 12.4 Å². The van der Waals surface area contributed by atoms with E-state index < -0.39 is 24.3 Å². The SMILES string of the molecule is FC1(F)CC(c2ccc(Cl)cc2)c2nccn2C1(F)F. The van der Waals surface area contributed by atoms with Gasteiger partial charge in [-0.3, -0.25) is 4.57 Å². The summed E-state index contributed by atoms with van der Waals surface area (Å²) < 4.78 is 55.1. The number of rotatable bonds is 1. The van der Waals surface area contributed by atoms with E-state index in [4.69, 9.17) is 11.6 Å². The van der Waals surface area contributed by atoms with Crippen LogP contribution in [0.1, 0.15) is 23.7 Å².